The predicted molar refractivity (Wildman–Crippen MR) is 139 cm³/mol. The van der Waals surface area contributed by atoms with Crippen molar-refractivity contribution in [2.75, 3.05) is 0 Å². The Balaban J connectivity index is 1.54. The van der Waals surface area contributed by atoms with E-state index in [0.717, 1.165) is 22.0 Å². The number of amides is 1. The molecule has 1 aliphatic rings. The minimum atomic E-state index is -0.613. The molecule has 0 aliphatic carbocycles. The summed E-state index contributed by atoms with van der Waals surface area (Å²) in [7, 11) is 0. The molecule has 1 unspecified atom stereocenters. The number of nitro groups is 1. The second-order valence-electron chi connectivity index (χ2n) is 8.29. The molecule has 36 heavy (non-hydrogen) atoms. The number of nitro benzene ring substituents is 1. The number of aromatic nitrogens is 1. The molecule has 0 bridgehead atoms. The highest BCUT2D eigenvalue weighted by atomic mass is 35.5. The molecule has 1 fully saturated rings. The Labute approximate surface area is 211 Å². The summed E-state index contributed by atoms with van der Waals surface area (Å²) >= 11 is 6.40. The molecule has 1 aromatic heterocycles. The number of benzene rings is 3. The van der Waals surface area contributed by atoms with Crippen molar-refractivity contribution in [3.05, 3.63) is 122 Å². The fourth-order valence-corrected chi connectivity index (χ4v) is 4.22. The first kappa shape index (κ1) is 23.2. The highest BCUT2D eigenvalue weighted by Gasteiger charge is 2.36. The van der Waals surface area contributed by atoms with E-state index in [2.05, 4.69) is 15.4 Å². The quantitative estimate of drug-likeness (QED) is 0.127. The Morgan fingerprint density at radius 1 is 1.06 bits per heavy atom. The fourth-order valence-electron chi connectivity index (χ4n) is 4.03. The Hall–Kier alpha value is -4.56. The van der Waals surface area contributed by atoms with Crippen molar-refractivity contribution >= 4 is 46.4 Å². The molecule has 1 amide bonds. The van der Waals surface area contributed by atoms with Gasteiger partial charge in [-0.2, -0.15) is 5.10 Å². The highest BCUT2D eigenvalue weighted by molar-refractivity contribution is 6.32. The maximum Gasteiger partial charge on any atom is 0.292 e. The van der Waals surface area contributed by atoms with Crippen LogP contribution in [0, 0.1) is 17.0 Å². The largest absolute Gasteiger partial charge is 0.355 e. The van der Waals surface area contributed by atoms with Gasteiger partial charge in [0.2, 0.25) is 0 Å². The number of para-hydroxylation sites is 1. The average molecular weight is 498 g/mol. The van der Waals surface area contributed by atoms with Crippen molar-refractivity contribution in [2.24, 2.45) is 5.10 Å². The van der Waals surface area contributed by atoms with Gasteiger partial charge in [-0.25, -0.2) is 9.99 Å². The van der Waals surface area contributed by atoms with Gasteiger partial charge in [0.05, 0.1) is 22.2 Å². The topological polar surface area (TPSA) is 101 Å². The van der Waals surface area contributed by atoms with Gasteiger partial charge in [0.25, 0.3) is 11.6 Å². The van der Waals surface area contributed by atoms with E-state index in [-0.39, 0.29) is 16.5 Å². The maximum atomic E-state index is 13.4. The zero-order valence-corrected chi connectivity index (χ0v) is 19.9. The minimum Gasteiger partial charge on any atom is -0.355 e. The van der Waals surface area contributed by atoms with Gasteiger partial charge in [-0.1, -0.05) is 65.7 Å². The van der Waals surface area contributed by atoms with Crippen LogP contribution >= 0.6 is 11.6 Å². The van der Waals surface area contributed by atoms with Gasteiger partial charge in [0.1, 0.15) is 10.9 Å². The molecule has 8 nitrogen and oxygen atoms in total. The second-order valence-corrected chi connectivity index (χ2v) is 8.65. The number of pyridine rings is 1. The van der Waals surface area contributed by atoms with Crippen LogP contribution in [0.5, 0.6) is 0 Å². The normalized spacial score (nSPS) is 16.7. The van der Waals surface area contributed by atoms with E-state index in [1.165, 1.54) is 23.4 Å². The lowest BCUT2D eigenvalue weighted by molar-refractivity contribution is -0.385. The minimum absolute atomic E-state index is 0.0953. The first-order chi connectivity index (χ1) is 17.4. The molecule has 1 atom stereocenters. The molecule has 3 aromatic carbocycles. The molecule has 4 aromatic rings. The van der Waals surface area contributed by atoms with E-state index in [9.17, 15) is 14.9 Å². The molecule has 5 rings (SSSR count). The van der Waals surface area contributed by atoms with Gasteiger partial charge in [0, 0.05) is 17.0 Å². The van der Waals surface area contributed by atoms with Crippen molar-refractivity contribution in [2.45, 2.75) is 13.1 Å². The number of hydrazone groups is 1. The van der Waals surface area contributed by atoms with Crippen LogP contribution in [0.15, 0.2) is 89.7 Å². The molecule has 0 spiro atoms. The van der Waals surface area contributed by atoms with E-state index in [1.807, 2.05) is 61.5 Å². The maximum absolute atomic E-state index is 13.4. The molecular weight excluding hydrogens is 478 g/mol. The number of halogens is 1. The number of hydrogen-bond donors (Lipinski definition) is 1. The van der Waals surface area contributed by atoms with E-state index in [1.54, 1.807) is 18.2 Å². The van der Waals surface area contributed by atoms with Crippen LogP contribution in [-0.4, -0.2) is 27.0 Å². The average Bonchev–Trinajstić information content (AvgIpc) is 3.18. The van der Waals surface area contributed by atoms with E-state index >= 15 is 0 Å². The molecular formula is C27H20ClN5O3. The summed E-state index contributed by atoms with van der Waals surface area (Å²) in [4.78, 5) is 28.8. The summed E-state index contributed by atoms with van der Waals surface area (Å²) in [5.74, 6) is -0.432. The zero-order chi connectivity index (χ0) is 25.2. The van der Waals surface area contributed by atoms with Crippen molar-refractivity contribution in [1.29, 1.82) is 0 Å². The van der Waals surface area contributed by atoms with E-state index < -0.39 is 17.0 Å². The van der Waals surface area contributed by atoms with Gasteiger partial charge in [-0.05, 0) is 42.8 Å². The summed E-state index contributed by atoms with van der Waals surface area (Å²) in [5, 5.41) is 21.6. The molecule has 1 aliphatic heterocycles. The summed E-state index contributed by atoms with van der Waals surface area (Å²) in [6, 6.07) is 23.3. The van der Waals surface area contributed by atoms with Crippen LogP contribution in [0.25, 0.3) is 17.0 Å². The van der Waals surface area contributed by atoms with Crippen LogP contribution in [0.3, 0.4) is 0 Å². The van der Waals surface area contributed by atoms with Crippen LogP contribution < -0.4 is 5.32 Å². The molecule has 1 saturated heterocycles. The SMILES string of the molecule is Cc1ccc2nc(Cl)c(C=NN3C(=O)C(=Cc4ccccc4[N+](=O)[O-])NC3c3ccccc3)cc2c1. The third-order valence-electron chi connectivity index (χ3n) is 5.80. The molecule has 0 saturated carbocycles. The van der Waals surface area contributed by atoms with Gasteiger partial charge >= 0.3 is 0 Å². The highest BCUT2D eigenvalue weighted by Crippen LogP contribution is 2.30. The van der Waals surface area contributed by atoms with E-state index in [4.69, 9.17) is 11.6 Å². The lowest BCUT2D eigenvalue weighted by Crippen LogP contribution is -2.25. The Morgan fingerprint density at radius 3 is 2.58 bits per heavy atom. The number of hydrogen-bond acceptors (Lipinski definition) is 6. The molecule has 2 heterocycles. The fraction of sp³-hybridized carbons (Fsp3) is 0.0741. The van der Waals surface area contributed by atoms with Crippen LogP contribution in [0.4, 0.5) is 5.69 Å². The molecule has 9 heteroatoms. The first-order valence-corrected chi connectivity index (χ1v) is 11.5. The molecule has 0 radical (unpaired) electrons. The van der Waals surface area contributed by atoms with E-state index in [0.29, 0.717) is 11.1 Å². The number of aryl methyl sites for hydroxylation is 1. The van der Waals surface area contributed by atoms with Crippen molar-refractivity contribution in [3.8, 4) is 0 Å². The van der Waals surface area contributed by atoms with Gasteiger partial charge in [0.15, 0.2) is 6.17 Å². The number of carbonyl (C=O) groups excluding carboxylic acids is 1. The molecule has 1 N–H and O–H groups in total. The van der Waals surface area contributed by atoms with Crippen molar-refractivity contribution in [1.82, 2.24) is 15.3 Å². The van der Waals surface area contributed by atoms with Crippen LogP contribution in [0.1, 0.15) is 28.4 Å². The standard InChI is InChI=1S/C27H20ClN5O3/c1-17-11-12-22-20(13-17)14-21(25(28)30-22)16-29-32-26(18-7-3-2-4-8-18)31-23(27(32)34)15-19-9-5-6-10-24(19)33(35)36/h2-16,26,31H,1H3. The predicted octanol–water partition coefficient (Wildman–Crippen LogP) is 5.61. The van der Waals surface area contributed by atoms with Gasteiger partial charge in [-0.3, -0.25) is 14.9 Å². The van der Waals surface area contributed by atoms with Gasteiger partial charge < -0.3 is 5.32 Å². The molecule has 178 valence electrons. The third kappa shape index (κ3) is 4.54. The Bertz CT molecular complexity index is 1550. The number of carbonyl (C=O) groups is 1. The number of rotatable bonds is 5. The Kier molecular flexibility index (Phi) is 6.18. The zero-order valence-electron chi connectivity index (χ0n) is 19.1. The third-order valence-corrected chi connectivity index (χ3v) is 6.10. The number of nitrogens with zero attached hydrogens (tertiary/aromatic N) is 4. The monoisotopic (exact) mass is 497 g/mol. The van der Waals surface area contributed by atoms with Gasteiger partial charge in [-0.15, -0.1) is 0 Å². The summed E-state index contributed by atoms with van der Waals surface area (Å²) in [5.41, 5.74) is 3.61. The van der Waals surface area contributed by atoms with Crippen molar-refractivity contribution in [3.63, 3.8) is 0 Å². The lowest BCUT2D eigenvalue weighted by Gasteiger charge is -2.19. The smallest absolute Gasteiger partial charge is 0.292 e. The van der Waals surface area contributed by atoms with Crippen LogP contribution in [0.2, 0.25) is 5.15 Å². The summed E-state index contributed by atoms with van der Waals surface area (Å²) < 4.78 is 0. The first-order valence-electron chi connectivity index (χ1n) is 11.1. The van der Waals surface area contributed by atoms with Crippen molar-refractivity contribution < 1.29 is 9.72 Å². The second kappa shape index (κ2) is 9.59. The Morgan fingerprint density at radius 2 is 1.81 bits per heavy atom. The number of fused-ring (bicyclic) bond motifs is 1. The van der Waals surface area contributed by atoms with Crippen LogP contribution in [-0.2, 0) is 4.79 Å². The summed E-state index contributed by atoms with van der Waals surface area (Å²) in [6.07, 6.45) is 2.36. The lowest BCUT2D eigenvalue weighted by atomic mass is 10.1. The number of nitrogens with one attached hydrogen (secondary N) is 1. The summed E-state index contributed by atoms with van der Waals surface area (Å²) in [6.45, 7) is 1.99.